The number of amides is 2. The lowest BCUT2D eigenvalue weighted by atomic mass is 10.1. The van der Waals surface area contributed by atoms with E-state index in [2.05, 4.69) is 5.32 Å². The molecule has 174 valence electrons. The predicted molar refractivity (Wildman–Crippen MR) is 138 cm³/mol. The molecule has 0 aromatic heterocycles. The number of nitrogens with zero attached hydrogens (tertiary/aromatic N) is 2. The number of methoxy groups -OCH3 is 1. The van der Waals surface area contributed by atoms with E-state index in [-0.39, 0.29) is 18.2 Å². The summed E-state index contributed by atoms with van der Waals surface area (Å²) in [6, 6.07) is 23.2. The van der Waals surface area contributed by atoms with Crippen molar-refractivity contribution in [2.45, 2.75) is 18.9 Å². The highest BCUT2D eigenvalue weighted by Gasteiger charge is 2.43. The number of halogens is 1. The van der Waals surface area contributed by atoms with Crippen molar-refractivity contribution in [3.05, 3.63) is 89.4 Å². The molecule has 8 heteroatoms. The highest BCUT2D eigenvalue weighted by Crippen LogP contribution is 2.28. The van der Waals surface area contributed by atoms with Crippen molar-refractivity contribution >= 4 is 52.1 Å². The Morgan fingerprint density at radius 2 is 1.74 bits per heavy atom. The molecule has 34 heavy (non-hydrogen) atoms. The maximum atomic E-state index is 13.4. The van der Waals surface area contributed by atoms with Crippen LogP contribution >= 0.6 is 23.8 Å². The Kier molecular flexibility index (Phi) is 7.45. The summed E-state index contributed by atoms with van der Waals surface area (Å²) < 4.78 is 5.23. The fourth-order valence-electron chi connectivity index (χ4n) is 3.88. The number of carbonyl (C=O) groups excluding carboxylic acids is 2. The maximum Gasteiger partial charge on any atom is 0.257 e. The quantitative estimate of drug-likeness (QED) is 0.372. The standard InChI is InChI=1S/C26H24ClN3O3S/c1-33-22-13-7-18(8-14-22)15-16-29(26(34)28-20-5-3-2-4-6-20)23-17-24(31)30(25(23)32)21-11-9-19(27)10-12-21/h2-14,23H,15-17H2,1H3,(H,28,34)/t23-/m1/s1. The zero-order valence-corrected chi connectivity index (χ0v) is 20.2. The predicted octanol–water partition coefficient (Wildman–Crippen LogP) is 4.92. The minimum Gasteiger partial charge on any atom is -0.497 e. The van der Waals surface area contributed by atoms with Crippen LogP contribution in [0, 0.1) is 0 Å². The first-order valence-corrected chi connectivity index (χ1v) is 11.6. The zero-order valence-electron chi connectivity index (χ0n) is 18.6. The van der Waals surface area contributed by atoms with E-state index in [1.807, 2.05) is 59.5 Å². The van der Waals surface area contributed by atoms with Crippen molar-refractivity contribution in [2.75, 3.05) is 23.9 Å². The number of rotatable bonds is 7. The van der Waals surface area contributed by atoms with E-state index in [0.29, 0.717) is 28.8 Å². The van der Waals surface area contributed by atoms with Crippen LogP contribution in [0.4, 0.5) is 11.4 Å². The summed E-state index contributed by atoms with van der Waals surface area (Å²) in [5.74, 6) is 0.200. The molecule has 1 N–H and O–H groups in total. The van der Waals surface area contributed by atoms with Crippen LogP contribution in [0.2, 0.25) is 5.02 Å². The third kappa shape index (κ3) is 5.38. The van der Waals surface area contributed by atoms with Gasteiger partial charge in [-0.3, -0.25) is 9.59 Å². The van der Waals surface area contributed by atoms with Gasteiger partial charge in [0.15, 0.2) is 5.11 Å². The number of hydrogen-bond donors (Lipinski definition) is 1. The number of imide groups is 1. The number of anilines is 2. The van der Waals surface area contributed by atoms with Gasteiger partial charge in [-0.2, -0.15) is 0 Å². The van der Waals surface area contributed by atoms with Gasteiger partial charge in [0, 0.05) is 17.3 Å². The number of carbonyl (C=O) groups is 2. The second-order valence-corrected chi connectivity index (χ2v) is 8.67. The van der Waals surface area contributed by atoms with Crippen molar-refractivity contribution in [3.8, 4) is 5.75 Å². The molecule has 0 aliphatic carbocycles. The van der Waals surface area contributed by atoms with E-state index in [1.165, 1.54) is 4.90 Å². The van der Waals surface area contributed by atoms with Crippen LogP contribution in [-0.2, 0) is 16.0 Å². The van der Waals surface area contributed by atoms with Gasteiger partial charge in [-0.15, -0.1) is 0 Å². The fraction of sp³-hybridized carbons (Fsp3) is 0.192. The molecule has 0 radical (unpaired) electrons. The van der Waals surface area contributed by atoms with Gasteiger partial charge in [-0.25, -0.2) is 4.90 Å². The number of ether oxygens (including phenoxy) is 1. The van der Waals surface area contributed by atoms with Crippen molar-refractivity contribution in [1.82, 2.24) is 4.90 Å². The molecular formula is C26H24ClN3O3S. The molecule has 3 aromatic carbocycles. The fourth-order valence-corrected chi connectivity index (χ4v) is 4.34. The summed E-state index contributed by atoms with van der Waals surface area (Å²) >= 11 is 11.7. The van der Waals surface area contributed by atoms with E-state index in [0.717, 1.165) is 17.0 Å². The van der Waals surface area contributed by atoms with Gasteiger partial charge in [-0.1, -0.05) is 41.9 Å². The normalized spacial score (nSPS) is 15.4. The number of thiocarbonyl (C=S) groups is 1. The molecule has 1 aliphatic rings. The first-order valence-electron chi connectivity index (χ1n) is 10.8. The average Bonchev–Trinajstić information content (AvgIpc) is 3.14. The van der Waals surface area contributed by atoms with Crippen LogP contribution in [0.5, 0.6) is 5.75 Å². The van der Waals surface area contributed by atoms with Gasteiger partial charge in [0.1, 0.15) is 11.8 Å². The lowest BCUT2D eigenvalue weighted by Gasteiger charge is -2.30. The minimum absolute atomic E-state index is 0.0423. The molecule has 1 aliphatic heterocycles. The Labute approximate surface area is 209 Å². The highest BCUT2D eigenvalue weighted by molar-refractivity contribution is 7.80. The molecule has 0 bridgehead atoms. The third-order valence-electron chi connectivity index (χ3n) is 5.67. The van der Waals surface area contributed by atoms with Crippen LogP contribution in [0.1, 0.15) is 12.0 Å². The molecule has 0 unspecified atom stereocenters. The SMILES string of the molecule is COc1ccc(CCN(C(=S)Nc2ccccc2)[C@@H]2CC(=O)N(c3ccc(Cl)cc3)C2=O)cc1. The lowest BCUT2D eigenvalue weighted by Crippen LogP contribution is -2.48. The Morgan fingerprint density at radius 1 is 1.06 bits per heavy atom. The minimum atomic E-state index is -0.704. The van der Waals surface area contributed by atoms with Crippen LogP contribution in [0.25, 0.3) is 0 Å². The monoisotopic (exact) mass is 493 g/mol. The largest absolute Gasteiger partial charge is 0.497 e. The van der Waals surface area contributed by atoms with Crippen LogP contribution < -0.4 is 15.0 Å². The molecular weight excluding hydrogens is 470 g/mol. The van der Waals surface area contributed by atoms with E-state index in [4.69, 9.17) is 28.6 Å². The summed E-state index contributed by atoms with van der Waals surface area (Å²) in [4.78, 5) is 29.3. The molecule has 4 rings (SSSR count). The van der Waals surface area contributed by atoms with Crippen molar-refractivity contribution in [1.29, 1.82) is 0 Å². The molecule has 2 amide bonds. The lowest BCUT2D eigenvalue weighted by molar-refractivity contribution is -0.122. The molecule has 6 nitrogen and oxygen atoms in total. The molecule has 1 heterocycles. The van der Waals surface area contributed by atoms with Crippen molar-refractivity contribution < 1.29 is 14.3 Å². The molecule has 1 saturated heterocycles. The summed E-state index contributed by atoms with van der Waals surface area (Å²) in [5, 5.41) is 4.14. The third-order valence-corrected chi connectivity index (χ3v) is 6.26. The Morgan fingerprint density at radius 3 is 2.38 bits per heavy atom. The summed E-state index contributed by atoms with van der Waals surface area (Å²) in [6.45, 7) is 0.461. The van der Waals surface area contributed by atoms with E-state index in [9.17, 15) is 9.59 Å². The van der Waals surface area contributed by atoms with Gasteiger partial charge >= 0.3 is 0 Å². The first kappa shape index (κ1) is 23.7. The van der Waals surface area contributed by atoms with Crippen molar-refractivity contribution in [2.24, 2.45) is 0 Å². The molecule has 1 fully saturated rings. The highest BCUT2D eigenvalue weighted by atomic mass is 35.5. The van der Waals surface area contributed by atoms with Gasteiger partial charge in [0.05, 0.1) is 19.2 Å². The second-order valence-electron chi connectivity index (χ2n) is 7.85. The van der Waals surface area contributed by atoms with Gasteiger partial charge < -0.3 is 15.0 Å². The molecule has 0 spiro atoms. The topological polar surface area (TPSA) is 61.9 Å². The molecule has 1 atom stereocenters. The average molecular weight is 494 g/mol. The number of nitrogens with one attached hydrogen (secondary N) is 1. The molecule has 0 saturated carbocycles. The number of hydrogen-bond acceptors (Lipinski definition) is 4. The molecule has 3 aromatic rings. The Hall–Kier alpha value is -3.42. The number of benzene rings is 3. The van der Waals surface area contributed by atoms with Crippen LogP contribution in [0.15, 0.2) is 78.9 Å². The van der Waals surface area contributed by atoms with E-state index >= 15 is 0 Å². The first-order chi connectivity index (χ1) is 16.5. The van der Waals surface area contributed by atoms with Gasteiger partial charge in [-0.05, 0) is 72.7 Å². The summed E-state index contributed by atoms with van der Waals surface area (Å²) in [6.07, 6.45) is 0.681. The van der Waals surface area contributed by atoms with Crippen LogP contribution in [0.3, 0.4) is 0 Å². The maximum absolute atomic E-state index is 13.4. The summed E-state index contributed by atoms with van der Waals surface area (Å²) in [7, 11) is 1.62. The number of para-hydroxylation sites is 1. The van der Waals surface area contributed by atoms with Crippen molar-refractivity contribution in [3.63, 3.8) is 0 Å². The van der Waals surface area contributed by atoms with Gasteiger partial charge in [0.25, 0.3) is 5.91 Å². The van der Waals surface area contributed by atoms with Crippen LogP contribution in [-0.4, -0.2) is 41.5 Å². The van der Waals surface area contributed by atoms with E-state index < -0.39 is 6.04 Å². The zero-order chi connectivity index (χ0) is 24.1. The Balaban J connectivity index is 1.57. The Bertz CT molecular complexity index is 1170. The summed E-state index contributed by atoms with van der Waals surface area (Å²) in [5.41, 5.74) is 2.38. The van der Waals surface area contributed by atoms with E-state index in [1.54, 1.807) is 31.4 Å². The smallest absolute Gasteiger partial charge is 0.257 e. The second kappa shape index (κ2) is 10.7. The van der Waals surface area contributed by atoms with Gasteiger partial charge in [0.2, 0.25) is 5.91 Å².